The van der Waals surface area contributed by atoms with E-state index in [-0.39, 0.29) is 11.6 Å². The summed E-state index contributed by atoms with van der Waals surface area (Å²) >= 11 is 3.19. The molecule has 0 aliphatic carbocycles. The number of nitrogens with two attached hydrogens (primary N) is 1. The Morgan fingerprint density at radius 3 is 3.00 bits per heavy atom. The van der Waals surface area contributed by atoms with Gasteiger partial charge in [0, 0.05) is 19.6 Å². The van der Waals surface area contributed by atoms with Crippen LogP contribution in [-0.2, 0) is 0 Å². The number of anilines is 1. The fourth-order valence-electron chi connectivity index (χ4n) is 0.986. The van der Waals surface area contributed by atoms with Gasteiger partial charge in [-0.2, -0.15) is 0 Å². The first-order valence-corrected chi connectivity index (χ1v) is 5.03. The second-order valence-corrected chi connectivity index (χ2v) is 3.86. The molecule has 0 amide bonds. The molecule has 1 unspecified atom stereocenters. The molecule has 78 valence electrons. The summed E-state index contributed by atoms with van der Waals surface area (Å²) in [5, 5.41) is 0. The van der Waals surface area contributed by atoms with E-state index in [4.69, 9.17) is 5.73 Å². The minimum Gasteiger partial charge on any atom is -0.355 e. The Labute approximate surface area is 90.5 Å². The van der Waals surface area contributed by atoms with Crippen LogP contribution >= 0.6 is 15.9 Å². The van der Waals surface area contributed by atoms with Gasteiger partial charge in [0.1, 0.15) is 10.3 Å². The van der Waals surface area contributed by atoms with E-state index in [9.17, 15) is 4.79 Å². The number of nitrogens with one attached hydrogen (secondary N) is 1. The normalized spacial score (nSPS) is 12.6. The highest BCUT2D eigenvalue weighted by atomic mass is 79.9. The lowest BCUT2D eigenvalue weighted by atomic mass is 10.3. The van der Waals surface area contributed by atoms with Crippen LogP contribution in [0, 0.1) is 0 Å². The molecule has 1 aromatic rings. The van der Waals surface area contributed by atoms with Crippen LogP contribution in [0.4, 0.5) is 5.82 Å². The number of likely N-dealkylation sites (N-methyl/N-ethyl adjacent to an activating group) is 1. The lowest BCUT2D eigenvalue weighted by Crippen LogP contribution is -2.36. The van der Waals surface area contributed by atoms with Gasteiger partial charge in [-0.15, -0.1) is 0 Å². The van der Waals surface area contributed by atoms with E-state index in [1.54, 1.807) is 0 Å². The minimum absolute atomic E-state index is 0.139. The maximum atomic E-state index is 11.3. The Morgan fingerprint density at radius 2 is 2.43 bits per heavy atom. The summed E-state index contributed by atoms with van der Waals surface area (Å²) in [5.74, 6) is 0.603. The molecule has 0 aliphatic heterocycles. The maximum Gasteiger partial charge on any atom is 0.267 e. The molecular weight excluding hydrogens is 248 g/mol. The average molecular weight is 261 g/mol. The number of halogens is 1. The van der Waals surface area contributed by atoms with Gasteiger partial charge in [-0.05, 0) is 22.9 Å². The van der Waals surface area contributed by atoms with Crippen molar-refractivity contribution in [1.29, 1.82) is 0 Å². The van der Waals surface area contributed by atoms with Crippen LogP contribution in [0.3, 0.4) is 0 Å². The molecule has 0 bridgehead atoms. The second kappa shape index (κ2) is 4.56. The molecule has 6 heteroatoms. The molecule has 1 atom stereocenters. The van der Waals surface area contributed by atoms with Crippen molar-refractivity contribution in [3.63, 3.8) is 0 Å². The monoisotopic (exact) mass is 260 g/mol. The molecule has 0 aromatic carbocycles. The van der Waals surface area contributed by atoms with Gasteiger partial charge >= 0.3 is 0 Å². The smallest absolute Gasteiger partial charge is 0.267 e. The largest absolute Gasteiger partial charge is 0.355 e. The number of hydrogen-bond donors (Lipinski definition) is 2. The summed E-state index contributed by atoms with van der Waals surface area (Å²) in [7, 11) is 1.85. The first kappa shape index (κ1) is 11.2. The molecule has 0 radical (unpaired) electrons. The van der Waals surface area contributed by atoms with Crippen molar-refractivity contribution in [3.05, 3.63) is 21.2 Å². The van der Waals surface area contributed by atoms with E-state index in [0.717, 1.165) is 0 Å². The predicted molar refractivity (Wildman–Crippen MR) is 59.5 cm³/mol. The third kappa shape index (κ3) is 2.13. The van der Waals surface area contributed by atoms with Crippen LogP contribution < -0.4 is 16.2 Å². The molecule has 5 nitrogen and oxygen atoms in total. The topological polar surface area (TPSA) is 75.0 Å². The Balaban J connectivity index is 3.07. The van der Waals surface area contributed by atoms with Crippen LogP contribution in [0.15, 0.2) is 15.6 Å². The standard InChI is InChI=1S/C8H13BrN4O/c1-5(3-10)13(2)7-6(9)8(14)12-4-11-7/h4-5H,3,10H2,1-2H3,(H,11,12,14). The number of H-pyrrole nitrogens is 1. The average Bonchev–Trinajstić information content (AvgIpc) is 2.20. The number of hydrogen-bond acceptors (Lipinski definition) is 4. The van der Waals surface area contributed by atoms with Crippen molar-refractivity contribution < 1.29 is 0 Å². The molecule has 3 N–H and O–H groups in total. The number of aromatic nitrogens is 2. The van der Waals surface area contributed by atoms with Gasteiger partial charge in [0.2, 0.25) is 0 Å². The van der Waals surface area contributed by atoms with Crippen LogP contribution in [0.25, 0.3) is 0 Å². The van der Waals surface area contributed by atoms with E-state index in [1.807, 2.05) is 18.9 Å². The molecule has 1 rings (SSSR count). The first-order chi connectivity index (χ1) is 6.57. The summed E-state index contributed by atoms with van der Waals surface area (Å²) in [6.07, 6.45) is 1.38. The van der Waals surface area contributed by atoms with Crippen molar-refractivity contribution in [2.45, 2.75) is 13.0 Å². The van der Waals surface area contributed by atoms with Crippen LogP contribution in [0.5, 0.6) is 0 Å². The van der Waals surface area contributed by atoms with Crippen molar-refractivity contribution >= 4 is 21.7 Å². The predicted octanol–water partition coefficient (Wildman–Crippen LogP) is 0.316. The third-order valence-corrected chi connectivity index (χ3v) is 2.83. The van der Waals surface area contributed by atoms with E-state index in [0.29, 0.717) is 16.8 Å². The zero-order valence-corrected chi connectivity index (χ0v) is 9.71. The van der Waals surface area contributed by atoms with Gasteiger partial charge in [0.15, 0.2) is 0 Å². The summed E-state index contributed by atoms with van der Waals surface area (Å²) in [5.41, 5.74) is 5.34. The second-order valence-electron chi connectivity index (χ2n) is 3.06. The Hall–Kier alpha value is -0.880. The van der Waals surface area contributed by atoms with Crippen molar-refractivity contribution in [2.75, 3.05) is 18.5 Å². The fourth-order valence-corrected chi connectivity index (χ4v) is 1.48. The van der Waals surface area contributed by atoms with E-state index >= 15 is 0 Å². The molecule has 0 fully saturated rings. The van der Waals surface area contributed by atoms with Crippen LogP contribution in [0.1, 0.15) is 6.92 Å². The third-order valence-electron chi connectivity index (χ3n) is 2.11. The molecule has 14 heavy (non-hydrogen) atoms. The van der Waals surface area contributed by atoms with Gasteiger partial charge in [0.05, 0.1) is 6.33 Å². The molecular formula is C8H13BrN4O. The summed E-state index contributed by atoms with van der Waals surface area (Å²) in [6, 6.07) is 0.139. The summed E-state index contributed by atoms with van der Waals surface area (Å²) < 4.78 is 0.433. The molecule has 0 spiro atoms. The van der Waals surface area contributed by atoms with Crippen molar-refractivity contribution in [1.82, 2.24) is 9.97 Å². The highest BCUT2D eigenvalue weighted by Crippen LogP contribution is 2.18. The highest BCUT2D eigenvalue weighted by Gasteiger charge is 2.14. The zero-order chi connectivity index (χ0) is 10.7. The Bertz CT molecular complexity index is 365. The van der Waals surface area contributed by atoms with Gasteiger partial charge < -0.3 is 15.6 Å². The van der Waals surface area contributed by atoms with Crippen molar-refractivity contribution in [2.24, 2.45) is 5.73 Å². The Morgan fingerprint density at radius 1 is 1.79 bits per heavy atom. The SMILES string of the molecule is CC(CN)N(C)c1nc[nH]c(=O)c1Br. The van der Waals surface area contributed by atoms with Crippen LogP contribution in [-0.4, -0.2) is 29.6 Å². The van der Waals surface area contributed by atoms with E-state index in [2.05, 4.69) is 25.9 Å². The molecule has 1 aromatic heterocycles. The summed E-state index contributed by atoms with van der Waals surface area (Å²) in [6.45, 7) is 2.48. The minimum atomic E-state index is -0.189. The molecule has 1 heterocycles. The molecule has 0 saturated heterocycles. The fraction of sp³-hybridized carbons (Fsp3) is 0.500. The van der Waals surface area contributed by atoms with Gasteiger partial charge in [-0.1, -0.05) is 0 Å². The molecule has 0 saturated carbocycles. The van der Waals surface area contributed by atoms with Gasteiger partial charge in [0.25, 0.3) is 5.56 Å². The number of nitrogens with zero attached hydrogens (tertiary/aromatic N) is 2. The first-order valence-electron chi connectivity index (χ1n) is 4.24. The van der Waals surface area contributed by atoms with Gasteiger partial charge in [-0.25, -0.2) is 4.98 Å². The lowest BCUT2D eigenvalue weighted by Gasteiger charge is -2.24. The Kier molecular flexibility index (Phi) is 3.65. The maximum absolute atomic E-state index is 11.3. The molecule has 0 aliphatic rings. The van der Waals surface area contributed by atoms with E-state index in [1.165, 1.54) is 6.33 Å². The zero-order valence-electron chi connectivity index (χ0n) is 8.12. The number of rotatable bonds is 3. The van der Waals surface area contributed by atoms with Gasteiger partial charge in [-0.3, -0.25) is 4.79 Å². The highest BCUT2D eigenvalue weighted by molar-refractivity contribution is 9.10. The quantitative estimate of drug-likeness (QED) is 0.821. The summed E-state index contributed by atoms with van der Waals surface area (Å²) in [4.78, 5) is 19.7. The van der Waals surface area contributed by atoms with Crippen molar-refractivity contribution in [3.8, 4) is 0 Å². The lowest BCUT2D eigenvalue weighted by molar-refractivity contribution is 0.684. The van der Waals surface area contributed by atoms with E-state index < -0.39 is 0 Å². The van der Waals surface area contributed by atoms with Crippen LogP contribution in [0.2, 0.25) is 0 Å². The number of aromatic amines is 1.